The highest BCUT2D eigenvalue weighted by molar-refractivity contribution is 7.12. The number of hydrogen-bond acceptors (Lipinski definition) is 6. The number of amides is 1. The Balaban J connectivity index is 1.66. The van der Waals surface area contributed by atoms with E-state index < -0.39 is 12.3 Å². The fourth-order valence-corrected chi connectivity index (χ4v) is 3.24. The molecule has 27 heavy (non-hydrogen) atoms. The van der Waals surface area contributed by atoms with Crippen molar-refractivity contribution in [3.63, 3.8) is 0 Å². The number of halogens is 2. The molecule has 7 nitrogen and oxygen atoms in total. The zero-order chi connectivity index (χ0) is 19.0. The summed E-state index contributed by atoms with van der Waals surface area (Å²) in [5, 5.41) is 2.78. The summed E-state index contributed by atoms with van der Waals surface area (Å²) in [5.74, 6) is -0.0885. The first-order valence-corrected chi connectivity index (χ1v) is 8.70. The molecule has 0 fully saturated rings. The van der Waals surface area contributed by atoms with E-state index in [1.807, 2.05) is 0 Å². The minimum Gasteiger partial charge on any atom is -0.267 e. The molecule has 1 amide bonds. The van der Waals surface area contributed by atoms with Crippen LogP contribution in [0.2, 0.25) is 0 Å². The molecule has 0 unspecified atom stereocenters. The normalized spacial score (nSPS) is 11.3. The summed E-state index contributed by atoms with van der Waals surface area (Å²) >= 11 is 1.39. The largest absolute Gasteiger partial charge is 0.273 e. The molecular formula is C17H12F2N6OS. The minimum atomic E-state index is -2.67. The van der Waals surface area contributed by atoms with Crippen LogP contribution in [0.25, 0.3) is 21.7 Å². The van der Waals surface area contributed by atoms with Crippen LogP contribution in [-0.4, -0.2) is 30.5 Å². The van der Waals surface area contributed by atoms with Crippen molar-refractivity contribution in [2.45, 2.75) is 13.3 Å². The maximum atomic E-state index is 13.2. The smallest absolute Gasteiger partial charge is 0.267 e. The van der Waals surface area contributed by atoms with Crippen molar-refractivity contribution in [1.82, 2.24) is 24.6 Å². The number of nitrogens with one attached hydrogen (secondary N) is 1. The fourth-order valence-electron chi connectivity index (χ4n) is 2.66. The molecule has 0 aliphatic heterocycles. The lowest BCUT2D eigenvalue weighted by Crippen LogP contribution is -2.23. The van der Waals surface area contributed by atoms with Crippen LogP contribution in [0.4, 0.5) is 8.78 Å². The number of pyridine rings is 1. The number of hydrogen-bond donors (Lipinski definition) is 1. The lowest BCUT2D eigenvalue weighted by molar-refractivity contribution is 0.101. The summed E-state index contributed by atoms with van der Waals surface area (Å²) in [7, 11) is 0. The molecule has 0 aliphatic rings. The molecule has 0 atom stereocenters. The predicted octanol–water partition coefficient (Wildman–Crippen LogP) is 3.58. The van der Waals surface area contributed by atoms with E-state index >= 15 is 0 Å². The summed E-state index contributed by atoms with van der Waals surface area (Å²) in [6, 6.07) is 1.48. The van der Waals surface area contributed by atoms with Gasteiger partial charge in [-0.2, -0.15) is 0 Å². The van der Waals surface area contributed by atoms with Gasteiger partial charge in [-0.05, 0) is 13.0 Å². The van der Waals surface area contributed by atoms with Gasteiger partial charge in [0.15, 0.2) is 10.8 Å². The van der Waals surface area contributed by atoms with Crippen molar-refractivity contribution >= 4 is 28.1 Å². The van der Waals surface area contributed by atoms with Gasteiger partial charge in [-0.15, -0.1) is 11.3 Å². The fraction of sp³-hybridized carbons (Fsp3) is 0.118. The highest BCUT2D eigenvalue weighted by atomic mass is 32.1. The van der Waals surface area contributed by atoms with E-state index in [0.29, 0.717) is 27.4 Å². The Labute approximate surface area is 155 Å². The Morgan fingerprint density at radius 2 is 2.11 bits per heavy atom. The number of aryl methyl sites for hydroxylation is 1. The maximum Gasteiger partial charge on any atom is 0.273 e. The van der Waals surface area contributed by atoms with Crippen LogP contribution in [0, 0.1) is 6.92 Å². The van der Waals surface area contributed by atoms with Gasteiger partial charge in [0.1, 0.15) is 0 Å². The quantitative estimate of drug-likeness (QED) is 0.579. The van der Waals surface area contributed by atoms with Crippen molar-refractivity contribution in [3.05, 3.63) is 59.3 Å². The van der Waals surface area contributed by atoms with Gasteiger partial charge in [-0.3, -0.25) is 19.9 Å². The molecule has 4 aromatic heterocycles. The lowest BCUT2D eigenvalue weighted by Gasteiger charge is -2.09. The van der Waals surface area contributed by atoms with Crippen LogP contribution < -0.4 is 5.43 Å². The monoisotopic (exact) mass is 386 g/mol. The third-order valence-corrected chi connectivity index (χ3v) is 4.71. The summed E-state index contributed by atoms with van der Waals surface area (Å²) in [4.78, 5) is 29.2. The number of nitrogens with zero attached hydrogens (tertiary/aromatic N) is 5. The molecule has 0 saturated heterocycles. The molecule has 4 aromatic rings. The Bertz CT molecular complexity index is 1130. The Morgan fingerprint density at radius 3 is 2.81 bits per heavy atom. The summed E-state index contributed by atoms with van der Waals surface area (Å²) in [6.07, 6.45) is 4.40. The van der Waals surface area contributed by atoms with E-state index in [2.05, 4.69) is 25.4 Å². The second-order valence-corrected chi connectivity index (χ2v) is 6.51. The van der Waals surface area contributed by atoms with Crippen molar-refractivity contribution < 1.29 is 13.6 Å². The van der Waals surface area contributed by atoms with Crippen LogP contribution in [0.1, 0.15) is 28.0 Å². The summed E-state index contributed by atoms with van der Waals surface area (Å²) in [5.41, 5.74) is 3.47. The first-order chi connectivity index (χ1) is 13.0. The third kappa shape index (κ3) is 3.14. The van der Waals surface area contributed by atoms with Crippen molar-refractivity contribution in [1.29, 1.82) is 0 Å². The van der Waals surface area contributed by atoms with Crippen molar-refractivity contribution in [2.24, 2.45) is 0 Å². The van der Waals surface area contributed by atoms with E-state index in [9.17, 15) is 13.6 Å². The second-order valence-electron chi connectivity index (χ2n) is 5.62. The Morgan fingerprint density at radius 1 is 1.26 bits per heavy atom. The van der Waals surface area contributed by atoms with Gasteiger partial charge in [0.2, 0.25) is 0 Å². The van der Waals surface area contributed by atoms with Gasteiger partial charge in [-0.1, -0.05) is 0 Å². The first kappa shape index (κ1) is 17.2. The second kappa shape index (κ2) is 6.80. The predicted molar refractivity (Wildman–Crippen MR) is 96.3 cm³/mol. The lowest BCUT2D eigenvalue weighted by atomic mass is 10.2. The van der Waals surface area contributed by atoms with Crippen molar-refractivity contribution in [3.8, 4) is 10.8 Å². The molecule has 0 aromatic carbocycles. The number of thiazole rings is 1. The van der Waals surface area contributed by atoms with Gasteiger partial charge in [0.25, 0.3) is 12.3 Å². The number of aromatic nitrogens is 5. The van der Waals surface area contributed by atoms with Gasteiger partial charge >= 0.3 is 0 Å². The Hall–Kier alpha value is -3.27. The third-order valence-electron chi connectivity index (χ3n) is 3.94. The standard InChI is InChI=1S/C17H12F2N6OS/c1-9-11(6-22-15(23-9)17-21-4-5-27-17)16(26)24-25-8-12(14(18)19)10-2-3-20-7-13(10)25/h2-8,14H,1H3,(H,24,26). The molecular weight excluding hydrogens is 374 g/mol. The molecule has 1 N–H and O–H groups in total. The molecule has 4 rings (SSSR count). The van der Waals surface area contributed by atoms with Crippen molar-refractivity contribution in [2.75, 3.05) is 5.43 Å². The number of rotatable bonds is 4. The molecule has 0 saturated carbocycles. The van der Waals surface area contributed by atoms with E-state index in [4.69, 9.17) is 0 Å². The van der Waals surface area contributed by atoms with E-state index in [1.165, 1.54) is 46.9 Å². The van der Waals surface area contributed by atoms with E-state index in [-0.39, 0.29) is 11.1 Å². The van der Waals surface area contributed by atoms with E-state index in [0.717, 1.165) is 0 Å². The van der Waals surface area contributed by atoms with Crippen LogP contribution in [0.3, 0.4) is 0 Å². The molecule has 4 heterocycles. The van der Waals surface area contributed by atoms with Gasteiger partial charge in [0.05, 0.1) is 23.0 Å². The van der Waals surface area contributed by atoms with Gasteiger partial charge in [0, 0.05) is 41.1 Å². The Kier molecular flexibility index (Phi) is 4.32. The zero-order valence-corrected chi connectivity index (χ0v) is 14.7. The number of carbonyl (C=O) groups is 1. The molecule has 0 aliphatic carbocycles. The minimum absolute atomic E-state index is 0.181. The summed E-state index contributed by atoms with van der Waals surface area (Å²) < 4.78 is 27.7. The maximum absolute atomic E-state index is 13.2. The van der Waals surface area contributed by atoms with Gasteiger partial charge in [-0.25, -0.2) is 23.7 Å². The average Bonchev–Trinajstić information content (AvgIpc) is 3.30. The highest BCUT2D eigenvalue weighted by Gasteiger charge is 2.19. The first-order valence-electron chi connectivity index (χ1n) is 7.82. The van der Waals surface area contributed by atoms with E-state index in [1.54, 1.807) is 18.5 Å². The zero-order valence-electron chi connectivity index (χ0n) is 13.9. The molecule has 10 heteroatoms. The number of carbonyl (C=O) groups excluding carboxylic acids is 1. The van der Waals surface area contributed by atoms with Crippen LogP contribution in [0.5, 0.6) is 0 Å². The SMILES string of the molecule is Cc1nc(-c2nccs2)ncc1C(=O)Nn1cc(C(F)F)c2ccncc21. The average molecular weight is 386 g/mol. The highest BCUT2D eigenvalue weighted by Crippen LogP contribution is 2.28. The molecule has 0 bridgehead atoms. The molecule has 136 valence electrons. The molecule has 0 radical (unpaired) electrons. The topological polar surface area (TPSA) is 85.6 Å². The summed E-state index contributed by atoms with van der Waals surface area (Å²) in [6.45, 7) is 1.67. The van der Waals surface area contributed by atoms with Crippen LogP contribution in [-0.2, 0) is 0 Å². The van der Waals surface area contributed by atoms with Crippen LogP contribution >= 0.6 is 11.3 Å². The number of fused-ring (bicyclic) bond motifs is 1. The van der Waals surface area contributed by atoms with Crippen LogP contribution in [0.15, 0.2) is 42.4 Å². The van der Waals surface area contributed by atoms with Gasteiger partial charge < -0.3 is 0 Å². The number of alkyl halides is 2. The molecule has 0 spiro atoms.